The SMILES string of the molecule is COc1ccc(C2CC(=O)C3=C(C2)Nc2ccccc2NC3c2cc(F)ccc2F)cc1. The molecule has 162 valence electrons. The van der Waals surface area contributed by atoms with Crippen LogP contribution in [0.3, 0.4) is 0 Å². The Morgan fingerprint density at radius 3 is 2.44 bits per heavy atom. The molecule has 3 aromatic carbocycles. The van der Waals surface area contributed by atoms with Crippen molar-refractivity contribution < 1.29 is 18.3 Å². The molecule has 0 aromatic heterocycles. The van der Waals surface area contributed by atoms with E-state index in [4.69, 9.17) is 4.74 Å². The second-order valence-electron chi connectivity index (χ2n) is 8.11. The molecule has 1 heterocycles. The molecule has 2 N–H and O–H groups in total. The van der Waals surface area contributed by atoms with Gasteiger partial charge in [0.2, 0.25) is 0 Å². The lowest BCUT2D eigenvalue weighted by atomic mass is 9.78. The highest BCUT2D eigenvalue weighted by atomic mass is 19.1. The number of hydrogen-bond donors (Lipinski definition) is 2. The molecule has 2 atom stereocenters. The van der Waals surface area contributed by atoms with E-state index in [0.717, 1.165) is 46.6 Å². The molecule has 0 bridgehead atoms. The summed E-state index contributed by atoms with van der Waals surface area (Å²) in [5, 5.41) is 6.68. The molecule has 1 aliphatic carbocycles. The Balaban J connectivity index is 1.61. The van der Waals surface area contributed by atoms with E-state index in [-0.39, 0.29) is 23.7 Å². The lowest BCUT2D eigenvalue weighted by molar-refractivity contribution is -0.116. The number of hydrogen-bond acceptors (Lipinski definition) is 4. The van der Waals surface area contributed by atoms with Crippen LogP contribution in [0.15, 0.2) is 78.0 Å². The van der Waals surface area contributed by atoms with Gasteiger partial charge in [0.15, 0.2) is 5.78 Å². The maximum Gasteiger partial charge on any atom is 0.163 e. The molecule has 0 spiro atoms. The molecule has 3 aromatic rings. The first-order valence-corrected chi connectivity index (χ1v) is 10.5. The van der Waals surface area contributed by atoms with Crippen LogP contribution in [0.2, 0.25) is 0 Å². The number of Topliss-reactive ketones (excluding diaryl/α,β-unsaturated/α-hetero) is 1. The van der Waals surface area contributed by atoms with Gasteiger partial charge in [-0.15, -0.1) is 0 Å². The minimum absolute atomic E-state index is 0.0251. The van der Waals surface area contributed by atoms with E-state index in [2.05, 4.69) is 10.6 Å². The van der Waals surface area contributed by atoms with Gasteiger partial charge in [0, 0.05) is 23.3 Å². The smallest absolute Gasteiger partial charge is 0.163 e. The summed E-state index contributed by atoms with van der Waals surface area (Å²) in [5.41, 5.74) is 3.86. The zero-order valence-electron chi connectivity index (χ0n) is 17.5. The highest BCUT2D eigenvalue weighted by Crippen LogP contribution is 2.44. The van der Waals surface area contributed by atoms with Gasteiger partial charge < -0.3 is 15.4 Å². The molecule has 0 saturated carbocycles. The van der Waals surface area contributed by atoms with E-state index < -0.39 is 17.7 Å². The number of nitrogens with one attached hydrogen (secondary N) is 2. The quantitative estimate of drug-likeness (QED) is 0.537. The molecule has 1 aliphatic heterocycles. The van der Waals surface area contributed by atoms with Gasteiger partial charge in [0.25, 0.3) is 0 Å². The molecule has 0 fully saturated rings. The Kier molecular flexibility index (Phi) is 5.13. The van der Waals surface area contributed by atoms with Gasteiger partial charge in [-0.3, -0.25) is 4.79 Å². The average Bonchev–Trinajstić information content (AvgIpc) is 2.97. The molecular formula is C26H22F2N2O2. The molecule has 2 unspecified atom stereocenters. The first-order valence-electron chi connectivity index (χ1n) is 10.5. The molecule has 0 amide bonds. The van der Waals surface area contributed by atoms with Crippen molar-refractivity contribution >= 4 is 17.2 Å². The van der Waals surface area contributed by atoms with Crippen LogP contribution in [0.1, 0.15) is 35.9 Å². The number of para-hydroxylation sites is 2. The molecule has 2 aliphatic rings. The van der Waals surface area contributed by atoms with Crippen LogP contribution in [0.25, 0.3) is 0 Å². The third-order valence-corrected chi connectivity index (χ3v) is 6.17. The minimum Gasteiger partial charge on any atom is -0.497 e. The standard InChI is InChI=1S/C26H22F2N2O2/c1-32-18-9-6-15(7-10-18)16-12-23-25(24(31)13-16)26(19-14-17(27)8-11-20(19)28)30-22-5-3-2-4-21(22)29-23/h2-11,14,16,26,29-30H,12-13H2,1H3. The molecular weight excluding hydrogens is 410 g/mol. The van der Waals surface area contributed by atoms with Crippen LogP contribution in [0.5, 0.6) is 5.75 Å². The summed E-state index contributed by atoms with van der Waals surface area (Å²) in [7, 11) is 1.61. The molecule has 6 heteroatoms. The molecule has 0 saturated heterocycles. The van der Waals surface area contributed by atoms with E-state index in [1.165, 1.54) is 0 Å². The normalized spacial score (nSPS) is 19.9. The van der Waals surface area contributed by atoms with Crippen molar-refractivity contribution in [3.05, 3.63) is 101 Å². The summed E-state index contributed by atoms with van der Waals surface area (Å²) in [4.78, 5) is 13.4. The third-order valence-electron chi connectivity index (χ3n) is 6.17. The van der Waals surface area contributed by atoms with Crippen LogP contribution >= 0.6 is 0 Å². The number of allylic oxidation sites excluding steroid dienone is 1. The third kappa shape index (κ3) is 3.62. The van der Waals surface area contributed by atoms with E-state index in [9.17, 15) is 13.6 Å². The summed E-state index contributed by atoms with van der Waals surface area (Å²) in [6, 6.07) is 17.8. The lowest BCUT2D eigenvalue weighted by Gasteiger charge is -2.30. The van der Waals surface area contributed by atoms with Crippen molar-refractivity contribution in [3.8, 4) is 5.75 Å². The van der Waals surface area contributed by atoms with Crippen molar-refractivity contribution in [1.29, 1.82) is 0 Å². The van der Waals surface area contributed by atoms with Crippen LogP contribution in [0.4, 0.5) is 20.2 Å². The number of ketones is 1. The molecule has 32 heavy (non-hydrogen) atoms. The number of methoxy groups -OCH3 is 1. The highest BCUT2D eigenvalue weighted by Gasteiger charge is 2.37. The summed E-state index contributed by atoms with van der Waals surface area (Å²) < 4.78 is 34.1. The fourth-order valence-corrected chi connectivity index (χ4v) is 4.57. The maximum atomic E-state index is 14.8. The van der Waals surface area contributed by atoms with Gasteiger partial charge in [-0.05, 0) is 60.4 Å². The van der Waals surface area contributed by atoms with Gasteiger partial charge >= 0.3 is 0 Å². The monoisotopic (exact) mass is 432 g/mol. The van der Waals surface area contributed by atoms with Gasteiger partial charge in [0.05, 0.1) is 24.5 Å². The van der Waals surface area contributed by atoms with E-state index >= 15 is 0 Å². The van der Waals surface area contributed by atoms with Crippen LogP contribution in [0, 0.1) is 11.6 Å². The van der Waals surface area contributed by atoms with Crippen LogP contribution in [-0.2, 0) is 4.79 Å². The van der Waals surface area contributed by atoms with E-state index in [0.29, 0.717) is 12.0 Å². The summed E-state index contributed by atoms with van der Waals surface area (Å²) >= 11 is 0. The van der Waals surface area contributed by atoms with E-state index in [1.807, 2.05) is 48.5 Å². The van der Waals surface area contributed by atoms with Gasteiger partial charge in [0.1, 0.15) is 17.4 Å². The van der Waals surface area contributed by atoms with Crippen molar-refractivity contribution in [2.45, 2.75) is 24.8 Å². The summed E-state index contributed by atoms with van der Waals surface area (Å²) in [5.74, 6) is -0.463. The number of carbonyl (C=O) groups is 1. The van der Waals surface area contributed by atoms with Crippen molar-refractivity contribution in [1.82, 2.24) is 0 Å². The van der Waals surface area contributed by atoms with Crippen molar-refractivity contribution in [3.63, 3.8) is 0 Å². The lowest BCUT2D eigenvalue weighted by Crippen LogP contribution is -2.27. The topological polar surface area (TPSA) is 50.4 Å². The molecule has 5 rings (SSSR count). The minimum atomic E-state index is -0.791. The Morgan fingerprint density at radius 2 is 1.69 bits per heavy atom. The first kappa shape index (κ1) is 20.2. The zero-order valence-corrected chi connectivity index (χ0v) is 17.5. The second-order valence-corrected chi connectivity index (χ2v) is 8.11. The van der Waals surface area contributed by atoms with Crippen LogP contribution in [-0.4, -0.2) is 12.9 Å². The summed E-state index contributed by atoms with van der Waals surface area (Å²) in [6.45, 7) is 0. The largest absolute Gasteiger partial charge is 0.497 e. The van der Waals surface area contributed by atoms with Gasteiger partial charge in [-0.2, -0.15) is 0 Å². The number of ether oxygens (including phenoxy) is 1. The van der Waals surface area contributed by atoms with Crippen LogP contribution < -0.4 is 15.4 Å². The Bertz CT molecular complexity index is 1220. The maximum absolute atomic E-state index is 14.8. The highest BCUT2D eigenvalue weighted by molar-refractivity contribution is 6.01. The number of carbonyl (C=O) groups excluding carboxylic acids is 1. The predicted molar refractivity (Wildman–Crippen MR) is 120 cm³/mol. The average molecular weight is 432 g/mol. The fourth-order valence-electron chi connectivity index (χ4n) is 4.57. The second kappa shape index (κ2) is 8.11. The Hall–Kier alpha value is -3.67. The number of benzene rings is 3. The number of fused-ring (bicyclic) bond motifs is 1. The Morgan fingerprint density at radius 1 is 0.938 bits per heavy atom. The summed E-state index contributed by atoms with van der Waals surface area (Å²) in [6.07, 6.45) is 0.870. The molecule has 0 radical (unpaired) electrons. The van der Waals surface area contributed by atoms with Crippen molar-refractivity contribution in [2.24, 2.45) is 0 Å². The predicted octanol–water partition coefficient (Wildman–Crippen LogP) is 5.95. The number of rotatable bonds is 3. The first-order chi connectivity index (χ1) is 15.5. The number of halogens is 2. The Labute approximate surface area is 184 Å². The van der Waals surface area contributed by atoms with Gasteiger partial charge in [-0.25, -0.2) is 8.78 Å². The number of anilines is 2. The van der Waals surface area contributed by atoms with Gasteiger partial charge in [-0.1, -0.05) is 24.3 Å². The van der Waals surface area contributed by atoms with E-state index in [1.54, 1.807) is 7.11 Å². The molecule has 4 nitrogen and oxygen atoms in total. The zero-order chi connectivity index (χ0) is 22.2. The fraction of sp³-hybridized carbons (Fsp3) is 0.192. The van der Waals surface area contributed by atoms with Crippen molar-refractivity contribution in [2.75, 3.05) is 17.7 Å².